The molecule has 0 fully saturated rings. The van der Waals surface area contributed by atoms with Crippen molar-refractivity contribution in [2.75, 3.05) is 0 Å². The number of nitrogens with one attached hydrogen (secondary N) is 1. The summed E-state index contributed by atoms with van der Waals surface area (Å²) >= 11 is 1.58. The lowest BCUT2D eigenvalue weighted by molar-refractivity contribution is -0.120. The van der Waals surface area contributed by atoms with Crippen molar-refractivity contribution >= 4 is 23.9 Å². The van der Waals surface area contributed by atoms with E-state index in [9.17, 15) is 4.79 Å². The van der Waals surface area contributed by atoms with Gasteiger partial charge in [0.15, 0.2) is 0 Å². The van der Waals surface area contributed by atoms with Crippen molar-refractivity contribution in [1.82, 2.24) is 5.43 Å². The number of hydrazone groups is 1. The lowest BCUT2D eigenvalue weighted by Gasteiger charge is -2.09. The first kappa shape index (κ1) is 14.4. The van der Waals surface area contributed by atoms with Gasteiger partial charge in [-0.25, -0.2) is 5.43 Å². The van der Waals surface area contributed by atoms with E-state index in [4.69, 9.17) is 4.42 Å². The van der Waals surface area contributed by atoms with Crippen molar-refractivity contribution in [2.24, 2.45) is 5.10 Å². The van der Waals surface area contributed by atoms with Crippen molar-refractivity contribution in [3.63, 3.8) is 0 Å². The van der Waals surface area contributed by atoms with Crippen LogP contribution in [0, 0.1) is 0 Å². The van der Waals surface area contributed by atoms with Gasteiger partial charge in [0.1, 0.15) is 5.76 Å². The van der Waals surface area contributed by atoms with E-state index in [1.165, 1.54) is 11.8 Å². The standard InChI is InChI=1S/C15H16N2O2S/c1-12(20-11-13-6-3-2-4-7-13)15(18)17-16-10-14-8-5-9-19-14/h2-10,12H,11H2,1H3,(H,17,18)/b16-10-/t12-/m0/s1. The Bertz CT molecular complexity index is 553. The molecule has 0 radical (unpaired) electrons. The van der Waals surface area contributed by atoms with Gasteiger partial charge in [0.25, 0.3) is 5.91 Å². The van der Waals surface area contributed by atoms with Crippen molar-refractivity contribution < 1.29 is 9.21 Å². The van der Waals surface area contributed by atoms with Crippen LogP contribution in [0.1, 0.15) is 18.2 Å². The van der Waals surface area contributed by atoms with Crippen molar-refractivity contribution in [2.45, 2.75) is 17.9 Å². The van der Waals surface area contributed by atoms with E-state index in [0.29, 0.717) is 5.76 Å². The number of thioether (sulfide) groups is 1. The maximum absolute atomic E-state index is 11.8. The number of carbonyl (C=O) groups excluding carboxylic acids is 1. The molecule has 2 rings (SSSR count). The van der Waals surface area contributed by atoms with Crippen LogP contribution >= 0.6 is 11.8 Å². The molecule has 1 amide bonds. The Morgan fingerprint density at radius 3 is 2.85 bits per heavy atom. The highest BCUT2D eigenvalue weighted by Gasteiger charge is 2.12. The lowest BCUT2D eigenvalue weighted by atomic mass is 10.2. The normalized spacial score (nSPS) is 12.4. The minimum atomic E-state index is -0.163. The molecular formula is C15H16N2O2S. The second-order valence-electron chi connectivity index (χ2n) is 4.19. The summed E-state index contributed by atoms with van der Waals surface area (Å²) in [4.78, 5) is 11.8. The van der Waals surface area contributed by atoms with Gasteiger partial charge in [-0.3, -0.25) is 4.79 Å². The Morgan fingerprint density at radius 2 is 2.15 bits per heavy atom. The third-order valence-electron chi connectivity index (χ3n) is 2.62. The fourth-order valence-electron chi connectivity index (χ4n) is 1.49. The molecule has 0 aliphatic rings. The molecule has 5 heteroatoms. The second kappa shape index (κ2) is 7.55. The van der Waals surface area contributed by atoms with Crippen LogP contribution in [0.25, 0.3) is 0 Å². The first-order valence-corrected chi connectivity index (χ1v) is 7.32. The Hall–Kier alpha value is -2.01. The molecule has 104 valence electrons. The van der Waals surface area contributed by atoms with Crippen LogP contribution in [-0.4, -0.2) is 17.4 Å². The van der Waals surface area contributed by atoms with Gasteiger partial charge in [-0.15, -0.1) is 11.8 Å². The van der Waals surface area contributed by atoms with E-state index in [1.807, 2.05) is 37.3 Å². The van der Waals surface area contributed by atoms with Crippen LogP contribution < -0.4 is 5.43 Å². The zero-order chi connectivity index (χ0) is 14.2. The van der Waals surface area contributed by atoms with E-state index >= 15 is 0 Å². The molecule has 1 N–H and O–H groups in total. The molecule has 1 aromatic heterocycles. The van der Waals surface area contributed by atoms with Gasteiger partial charge in [-0.2, -0.15) is 5.10 Å². The third-order valence-corrected chi connectivity index (χ3v) is 3.84. The largest absolute Gasteiger partial charge is 0.463 e. The van der Waals surface area contributed by atoms with Crippen molar-refractivity contribution in [3.8, 4) is 0 Å². The minimum absolute atomic E-state index is 0.117. The van der Waals surface area contributed by atoms with Crippen LogP contribution in [0.5, 0.6) is 0 Å². The molecule has 0 unspecified atom stereocenters. The van der Waals surface area contributed by atoms with Gasteiger partial charge in [0, 0.05) is 5.75 Å². The summed E-state index contributed by atoms with van der Waals surface area (Å²) in [6.45, 7) is 1.87. The average Bonchev–Trinajstić information content (AvgIpc) is 2.99. The van der Waals surface area contributed by atoms with Gasteiger partial charge in [-0.1, -0.05) is 30.3 Å². The van der Waals surface area contributed by atoms with Crippen LogP contribution in [0.4, 0.5) is 0 Å². The molecule has 0 spiro atoms. The first-order valence-electron chi connectivity index (χ1n) is 6.27. The monoisotopic (exact) mass is 288 g/mol. The third kappa shape index (κ3) is 4.59. The fraction of sp³-hybridized carbons (Fsp3) is 0.200. The lowest BCUT2D eigenvalue weighted by Crippen LogP contribution is -2.26. The summed E-state index contributed by atoms with van der Waals surface area (Å²) in [6, 6.07) is 13.6. The quantitative estimate of drug-likeness (QED) is 0.656. The van der Waals surface area contributed by atoms with Gasteiger partial charge in [0.2, 0.25) is 0 Å². The van der Waals surface area contributed by atoms with E-state index < -0.39 is 0 Å². The Labute approximate surface area is 122 Å². The second-order valence-corrected chi connectivity index (χ2v) is 5.52. The molecule has 1 heterocycles. The molecule has 1 atom stereocenters. The van der Waals surface area contributed by atoms with E-state index in [0.717, 1.165) is 5.75 Å². The molecule has 0 saturated carbocycles. The Morgan fingerprint density at radius 1 is 1.35 bits per heavy atom. The van der Waals surface area contributed by atoms with Gasteiger partial charge >= 0.3 is 0 Å². The van der Waals surface area contributed by atoms with Gasteiger partial charge in [0.05, 0.1) is 17.7 Å². The number of carbonyl (C=O) groups is 1. The highest BCUT2D eigenvalue weighted by atomic mass is 32.2. The smallest absolute Gasteiger partial charge is 0.252 e. The molecule has 0 saturated heterocycles. The molecule has 4 nitrogen and oxygen atoms in total. The number of rotatable bonds is 6. The summed E-state index contributed by atoms with van der Waals surface area (Å²) in [5, 5.41) is 3.70. The maximum atomic E-state index is 11.8. The minimum Gasteiger partial charge on any atom is -0.463 e. The SMILES string of the molecule is C[C@H](SCc1ccccc1)C(=O)N/N=C\c1ccco1. The number of hydrogen-bond acceptors (Lipinski definition) is 4. The summed E-state index contributed by atoms with van der Waals surface area (Å²) in [5.74, 6) is 1.29. The van der Waals surface area contributed by atoms with E-state index in [2.05, 4.69) is 10.5 Å². The zero-order valence-electron chi connectivity index (χ0n) is 11.2. The van der Waals surface area contributed by atoms with Gasteiger partial charge in [-0.05, 0) is 24.6 Å². The van der Waals surface area contributed by atoms with Crippen LogP contribution in [0.3, 0.4) is 0 Å². The number of nitrogens with zero attached hydrogens (tertiary/aromatic N) is 1. The highest BCUT2D eigenvalue weighted by Crippen LogP contribution is 2.17. The van der Waals surface area contributed by atoms with Crippen molar-refractivity contribution in [3.05, 3.63) is 60.1 Å². The topological polar surface area (TPSA) is 54.6 Å². The Kier molecular flexibility index (Phi) is 5.43. The summed E-state index contributed by atoms with van der Waals surface area (Å²) in [7, 11) is 0. The predicted molar refractivity (Wildman–Crippen MR) is 81.6 cm³/mol. The maximum Gasteiger partial charge on any atom is 0.252 e. The number of furan rings is 1. The van der Waals surface area contributed by atoms with Crippen molar-refractivity contribution in [1.29, 1.82) is 0 Å². The summed E-state index contributed by atoms with van der Waals surface area (Å²) < 4.78 is 5.08. The number of amides is 1. The summed E-state index contributed by atoms with van der Waals surface area (Å²) in [5.41, 5.74) is 3.71. The fourth-order valence-corrected chi connectivity index (χ4v) is 2.33. The molecule has 2 aromatic rings. The summed E-state index contributed by atoms with van der Waals surface area (Å²) in [6.07, 6.45) is 3.04. The molecule has 20 heavy (non-hydrogen) atoms. The molecule has 0 aliphatic heterocycles. The first-order chi connectivity index (χ1) is 9.75. The van der Waals surface area contributed by atoms with Gasteiger partial charge < -0.3 is 4.42 Å². The van der Waals surface area contributed by atoms with Crippen LogP contribution in [0.15, 0.2) is 58.2 Å². The van der Waals surface area contributed by atoms with E-state index in [1.54, 1.807) is 30.2 Å². The Balaban J connectivity index is 1.74. The average molecular weight is 288 g/mol. The predicted octanol–water partition coefficient (Wildman–Crippen LogP) is 3.05. The van der Waals surface area contributed by atoms with E-state index in [-0.39, 0.29) is 11.2 Å². The number of benzene rings is 1. The van der Waals surface area contributed by atoms with Crippen LogP contribution in [-0.2, 0) is 10.5 Å². The highest BCUT2D eigenvalue weighted by molar-refractivity contribution is 7.99. The number of hydrogen-bond donors (Lipinski definition) is 1. The molecule has 0 aliphatic carbocycles. The molecule has 1 aromatic carbocycles. The zero-order valence-corrected chi connectivity index (χ0v) is 12.0. The molecular weight excluding hydrogens is 272 g/mol. The molecule has 0 bridgehead atoms. The van der Waals surface area contributed by atoms with Crippen LogP contribution in [0.2, 0.25) is 0 Å².